The molecule has 2 N–H and O–H groups in total. The Morgan fingerprint density at radius 2 is 2.00 bits per heavy atom. The Morgan fingerprint density at radius 1 is 1.21 bits per heavy atom. The average molecular weight is 379 g/mol. The van der Waals surface area contributed by atoms with Crippen molar-refractivity contribution in [3.63, 3.8) is 0 Å². The average Bonchev–Trinajstić information content (AvgIpc) is 3.02. The molecule has 2 aromatic carbocycles. The molecule has 1 aromatic heterocycles. The number of fused-ring (bicyclic) bond motifs is 1. The summed E-state index contributed by atoms with van der Waals surface area (Å²) in [5.41, 5.74) is 4.29. The van der Waals surface area contributed by atoms with Crippen LogP contribution in [0.5, 0.6) is 0 Å². The summed E-state index contributed by atoms with van der Waals surface area (Å²) < 4.78 is 13.0. The van der Waals surface area contributed by atoms with Crippen molar-refractivity contribution in [1.82, 2.24) is 15.2 Å². The topological polar surface area (TPSA) is 48.1 Å². The van der Waals surface area contributed by atoms with Crippen LogP contribution in [0.15, 0.2) is 48.5 Å². The van der Waals surface area contributed by atoms with Crippen molar-refractivity contribution in [2.75, 3.05) is 19.6 Å². The van der Waals surface area contributed by atoms with Crippen LogP contribution in [-0.2, 0) is 6.54 Å². The minimum absolute atomic E-state index is 0.135. The number of H-pyrrole nitrogens is 1. The highest BCUT2D eigenvalue weighted by Gasteiger charge is 2.22. The minimum atomic E-state index is -0.327. The molecular formula is C23H26FN3O. The third-order valence-corrected chi connectivity index (χ3v) is 5.67. The molecule has 28 heavy (non-hydrogen) atoms. The molecule has 0 bridgehead atoms. The van der Waals surface area contributed by atoms with E-state index in [9.17, 15) is 9.18 Å². The van der Waals surface area contributed by atoms with E-state index in [0.29, 0.717) is 18.0 Å². The van der Waals surface area contributed by atoms with Gasteiger partial charge in [0.05, 0.1) is 0 Å². The van der Waals surface area contributed by atoms with Crippen LogP contribution in [0, 0.1) is 18.7 Å². The normalized spacial score (nSPS) is 17.7. The van der Waals surface area contributed by atoms with Gasteiger partial charge in [0.1, 0.15) is 5.82 Å². The zero-order chi connectivity index (χ0) is 19.5. The van der Waals surface area contributed by atoms with Crippen molar-refractivity contribution in [2.24, 2.45) is 5.92 Å². The fourth-order valence-corrected chi connectivity index (χ4v) is 4.16. The number of rotatable bonds is 5. The Labute approximate surface area is 164 Å². The smallest absolute Gasteiger partial charge is 0.251 e. The molecule has 5 heteroatoms. The maximum Gasteiger partial charge on any atom is 0.251 e. The van der Waals surface area contributed by atoms with E-state index < -0.39 is 0 Å². The predicted molar refractivity (Wildman–Crippen MR) is 110 cm³/mol. The first-order chi connectivity index (χ1) is 13.6. The lowest BCUT2D eigenvalue weighted by Crippen LogP contribution is -2.40. The maximum atomic E-state index is 13.0. The van der Waals surface area contributed by atoms with Crippen LogP contribution in [0.25, 0.3) is 10.9 Å². The molecule has 2 heterocycles. The third-order valence-electron chi connectivity index (χ3n) is 5.67. The van der Waals surface area contributed by atoms with Gasteiger partial charge in [0.2, 0.25) is 0 Å². The first-order valence-electron chi connectivity index (χ1n) is 9.92. The quantitative estimate of drug-likeness (QED) is 0.696. The molecule has 4 nitrogen and oxygen atoms in total. The number of nitrogens with zero attached hydrogens (tertiary/aromatic N) is 1. The molecular weight excluding hydrogens is 353 g/mol. The molecule has 0 spiro atoms. The highest BCUT2D eigenvalue weighted by molar-refractivity contribution is 5.94. The largest absolute Gasteiger partial charge is 0.358 e. The Bertz CT molecular complexity index is 964. The number of nitrogens with one attached hydrogen (secondary N) is 2. The number of benzene rings is 2. The maximum absolute atomic E-state index is 13.0. The summed E-state index contributed by atoms with van der Waals surface area (Å²) >= 11 is 0. The predicted octanol–water partition coefficient (Wildman–Crippen LogP) is 4.26. The fraction of sp³-hybridized carbons (Fsp3) is 0.348. The number of hydrogen-bond donors (Lipinski definition) is 2. The van der Waals surface area contributed by atoms with E-state index in [1.807, 2.05) is 0 Å². The van der Waals surface area contributed by atoms with E-state index in [-0.39, 0.29) is 11.7 Å². The van der Waals surface area contributed by atoms with Crippen molar-refractivity contribution in [1.29, 1.82) is 0 Å². The second-order valence-electron chi connectivity index (χ2n) is 7.73. The summed E-state index contributed by atoms with van der Waals surface area (Å²) in [6.07, 6.45) is 2.26. The van der Waals surface area contributed by atoms with Crippen LogP contribution in [-0.4, -0.2) is 35.4 Å². The number of likely N-dealkylation sites (tertiary alicyclic amines) is 1. The number of aromatic amines is 1. The van der Waals surface area contributed by atoms with Crippen LogP contribution < -0.4 is 5.32 Å². The number of carbonyl (C=O) groups excluding carboxylic acids is 1. The van der Waals surface area contributed by atoms with Crippen LogP contribution in [0.2, 0.25) is 0 Å². The molecule has 1 fully saturated rings. The van der Waals surface area contributed by atoms with Crippen LogP contribution in [0.3, 0.4) is 0 Å². The van der Waals surface area contributed by atoms with Crippen LogP contribution in [0.1, 0.15) is 34.5 Å². The van der Waals surface area contributed by atoms with Crippen LogP contribution in [0.4, 0.5) is 4.39 Å². The molecule has 1 amide bonds. The number of amides is 1. The monoisotopic (exact) mass is 379 g/mol. The molecule has 0 radical (unpaired) electrons. The van der Waals surface area contributed by atoms with Crippen molar-refractivity contribution in [3.8, 4) is 0 Å². The second kappa shape index (κ2) is 8.15. The number of para-hydroxylation sites is 1. The van der Waals surface area contributed by atoms with Gasteiger partial charge in [0, 0.05) is 41.8 Å². The lowest BCUT2D eigenvalue weighted by molar-refractivity contribution is 0.0930. The molecule has 1 aliphatic rings. The van der Waals surface area contributed by atoms with Gasteiger partial charge in [-0.15, -0.1) is 0 Å². The van der Waals surface area contributed by atoms with E-state index in [1.165, 1.54) is 46.4 Å². The lowest BCUT2D eigenvalue weighted by atomic mass is 9.97. The summed E-state index contributed by atoms with van der Waals surface area (Å²) in [6, 6.07) is 14.1. The summed E-state index contributed by atoms with van der Waals surface area (Å²) in [5.74, 6) is -0.0275. The molecule has 1 saturated heterocycles. The SMILES string of the molecule is Cc1[nH]c2ccccc2c1CN1CCCC(CNC(=O)c2ccc(F)cc2)C1. The molecule has 3 aromatic rings. The molecule has 146 valence electrons. The zero-order valence-corrected chi connectivity index (χ0v) is 16.2. The molecule has 4 rings (SSSR count). The Hall–Kier alpha value is -2.66. The second-order valence-corrected chi connectivity index (χ2v) is 7.73. The molecule has 0 saturated carbocycles. The van der Waals surface area contributed by atoms with Crippen molar-refractivity contribution in [3.05, 3.63) is 71.2 Å². The number of halogens is 1. The van der Waals surface area contributed by atoms with Gasteiger partial charge in [0.25, 0.3) is 5.91 Å². The Balaban J connectivity index is 1.36. The number of carbonyl (C=O) groups is 1. The summed E-state index contributed by atoms with van der Waals surface area (Å²) in [6.45, 7) is 5.78. The summed E-state index contributed by atoms with van der Waals surface area (Å²) in [4.78, 5) is 18.2. The van der Waals surface area contributed by atoms with Gasteiger partial charge >= 0.3 is 0 Å². The first kappa shape index (κ1) is 18.7. The zero-order valence-electron chi connectivity index (χ0n) is 16.2. The fourth-order valence-electron chi connectivity index (χ4n) is 4.16. The number of piperidine rings is 1. The lowest BCUT2D eigenvalue weighted by Gasteiger charge is -2.33. The van der Waals surface area contributed by atoms with E-state index in [0.717, 1.165) is 32.5 Å². The van der Waals surface area contributed by atoms with Gasteiger partial charge < -0.3 is 10.3 Å². The number of aryl methyl sites for hydroxylation is 1. The summed E-state index contributed by atoms with van der Waals surface area (Å²) in [7, 11) is 0. The van der Waals surface area contributed by atoms with Gasteiger partial charge in [-0.3, -0.25) is 9.69 Å². The van der Waals surface area contributed by atoms with Gasteiger partial charge in [-0.2, -0.15) is 0 Å². The van der Waals surface area contributed by atoms with Crippen molar-refractivity contribution < 1.29 is 9.18 Å². The number of hydrogen-bond acceptors (Lipinski definition) is 2. The summed E-state index contributed by atoms with van der Waals surface area (Å²) in [5, 5.41) is 4.31. The molecule has 0 aliphatic carbocycles. The van der Waals surface area contributed by atoms with E-state index >= 15 is 0 Å². The van der Waals surface area contributed by atoms with Gasteiger partial charge in [-0.05, 0) is 68.1 Å². The third kappa shape index (κ3) is 4.09. The highest BCUT2D eigenvalue weighted by Crippen LogP contribution is 2.25. The Kier molecular flexibility index (Phi) is 5.44. The van der Waals surface area contributed by atoms with Crippen LogP contribution >= 0.6 is 0 Å². The van der Waals surface area contributed by atoms with Crippen molar-refractivity contribution in [2.45, 2.75) is 26.3 Å². The van der Waals surface area contributed by atoms with E-state index in [2.05, 4.69) is 46.4 Å². The Morgan fingerprint density at radius 3 is 2.82 bits per heavy atom. The number of aromatic nitrogens is 1. The molecule has 1 unspecified atom stereocenters. The minimum Gasteiger partial charge on any atom is -0.358 e. The van der Waals surface area contributed by atoms with E-state index in [1.54, 1.807) is 0 Å². The van der Waals surface area contributed by atoms with Crippen molar-refractivity contribution >= 4 is 16.8 Å². The highest BCUT2D eigenvalue weighted by atomic mass is 19.1. The van der Waals surface area contributed by atoms with Gasteiger partial charge in [-0.1, -0.05) is 18.2 Å². The van der Waals surface area contributed by atoms with Gasteiger partial charge in [0.15, 0.2) is 0 Å². The standard InChI is InChI=1S/C23H26FN3O/c1-16-21(20-6-2-3-7-22(20)26-16)15-27-12-4-5-17(14-27)13-25-23(28)18-8-10-19(24)11-9-18/h2-3,6-11,17,26H,4-5,12-15H2,1H3,(H,25,28). The van der Waals surface area contributed by atoms with E-state index in [4.69, 9.17) is 0 Å². The first-order valence-corrected chi connectivity index (χ1v) is 9.92. The van der Waals surface area contributed by atoms with Gasteiger partial charge in [-0.25, -0.2) is 4.39 Å². The molecule has 1 aliphatic heterocycles. The molecule has 1 atom stereocenters.